The zero-order chi connectivity index (χ0) is 12.4. The lowest BCUT2D eigenvalue weighted by molar-refractivity contribution is 0.136. The van der Waals surface area contributed by atoms with Crippen LogP contribution in [0.4, 0.5) is 11.4 Å². The average molecular weight is 233 g/mol. The normalized spacial score (nSPS) is 25.8. The summed E-state index contributed by atoms with van der Waals surface area (Å²) in [6.45, 7) is 6.64. The highest BCUT2D eigenvalue weighted by Crippen LogP contribution is 2.26. The minimum atomic E-state index is 0.568. The van der Waals surface area contributed by atoms with Gasteiger partial charge in [0, 0.05) is 12.1 Å². The maximum absolute atomic E-state index is 6.01. The molecular weight excluding hydrogens is 210 g/mol. The van der Waals surface area contributed by atoms with Crippen molar-refractivity contribution in [3.8, 4) is 0 Å². The second kappa shape index (κ2) is 4.96. The summed E-state index contributed by atoms with van der Waals surface area (Å²) in [5.41, 5.74) is 12.6. The summed E-state index contributed by atoms with van der Waals surface area (Å²) in [7, 11) is 0. The highest BCUT2D eigenvalue weighted by Gasteiger charge is 2.24. The first-order valence-electron chi connectivity index (χ1n) is 6.49. The topological polar surface area (TPSA) is 41.3 Å². The number of rotatable bonds is 2. The number of nitrogens with two attached hydrogens (primary N) is 1. The molecule has 1 saturated heterocycles. The molecule has 1 heterocycles. The molecule has 1 fully saturated rings. The molecule has 3 heteroatoms. The van der Waals surface area contributed by atoms with E-state index in [4.69, 9.17) is 5.73 Å². The van der Waals surface area contributed by atoms with Crippen LogP contribution < -0.4 is 11.2 Å². The largest absolute Gasteiger partial charge is 0.397 e. The summed E-state index contributed by atoms with van der Waals surface area (Å²) in [5, 5.41) is 2.34. The van der Waals surface area contributed by atoms with Crippen LogP contribution in [0.25, 0.3) is 0 Å². The van der Waals surface area contributed by atoms with Crippen LogP contribution in [0, 0.1) is 6.92 Å². The van der Waals surface area contributed by atoms with Crippen molar-refractivity contribution in [1.29, 1.82) is 0 Å². The van der Waals surface area contributed by atoms with Gasteiger partial charge in [-0.3, -0.25) is 0 Å². The molecule has 1 aromatic carbocycles. The monoisotopic (exact) mass is 233 g/mol. The Hall–Kier alpha value is -1.22. The molecule has 0 radical (unpaired) electrons. The Bertz CT molecular complexity index is 379. The van der Waals surface area contributed by atoms with Crippen molar-refractivity contribution < 1.29 is 0 Å². The van der Waals surface area contributed by atoms with Gasteiger partial charge in [0.2, 0.25) is 0 Å². The lowest BCUT2D eigenvalue weighted by Crippen LogP contribution is -2.47. The van der Waals surface area contributed by atoms with Gasteiger partial charge in [-0.25, -0.2) is 5.01 Å². The van der Waals surface area contributed by atoms with Gasteiger partial charge < -0.3 is 11.2 Å². The molecule has 1 aromatic rings. The second-order valence-electron chi connectivity index (χ2n) is 5.24. The molecule has 3 N–H and O–H groups in total. The zero-order valence-corrected chi connectivity index (χ0v) is 11.0. The highest BCUT2D eigenvalue weighted by molar-refractivity contribution is 5.66. The summed E-state index contributed by atoms with van der Waals surface area (Å²) in [5.74, 6) is 0. The van der Waals surface area contributed by atoms with Gasteiger partial charge in [-0.1, -0.05) is 12.5 Å². The minimum Gasteiger partial charge on any atom is -0.397 e. The standard InChI is InChI=1S/C14H23N3/c1-10-7-8-13(15)14(9-10)16-17-11(2)5-4-6-12(17)3/h7-9,11-12,16H,4-6,15H2,1-3H3. The molecule has 1 aliphatic rings. The van der Waals surface area contributed by atoms with Crippen molar-refractivity contribution in [1.82, 2.24) is 5.01 Å². The van der Waals surface area contributed by atoms with Crippen molar-refractivity contribution in [2.24, 2.45) is 0 Å². The predicted octanol–water partition coefficient (Wildman–Crippen LogP) is 3.17. The smallest absolute Gasteiger partial charge is 0.0722 e. The molecule has 1 aliphatic heterocycles. The maximum atomic E-state index is 6.01. The van der Waals surface area contributed by atoms with Crippen molar-refractivity contribution in [2.45, 2.75) is 52.1 Å². The molecule has 3 nitrogen and oxygen atoms in total. The van der Waals surface area contributed by atoms with Crippen molar-refractivity contribution in [3.05, 3.63) is 23.8 Å². The Balaban J connectivity index is 2.16. The first kappa shape index (κ1) is 12.2. The van der Waals surface area contributed by atoms with Crippen molar-refractivity contribution in [3.63, 3.8) is 0 Å². The number of nitrogen functional groups attached to an aromatic ring is 1. The molecule has 0 spiro atoms. The summed E-state index contributed by atoms with van der Waals surface area (Å²) in [6.07, 6.45) is 3.83. The number of piperidine rings is 1. The van der Waals surface area contributed by atoms with Gasteiger partial charge in [-0.2, -0.15) is 0 Å². The Morgan fingerprint density at radius 2 is 1.88 bits per heavy atom. The van der Waals surface area contributed by atoms with Gasteiger partial charge in [0.25, 0.3) is 0 Å². The quantitative estimate of drug-likeness (QED) is 0.771. The van der Waals surface area contributed by atoms with Gasteiger partial charge in [-0.15, -0.1) is 0 Å². The maximum Gasteiger partial charge on any atom is 0.0722 e. The lowest BCUT2D eigenvalue weighted by Gasteiger charge is -2.39. The van der Waals surface area contributed by atoms with E-state index in [1.807, 2.05) is 12.1 Å². The SMILES string of the molecule is Cc1ccc(N)c(NN2C(C)CCCC2C)c1. The van der Waals surface area contributed by atoms with E-state index >= 15 is 0 Å². The van der Waals surface area contributed by atoms with Gasteiger partial charge >= 0.3 is 0 Å². The fourth-order valence-electron chi connectivity index (χ4n) is 2.55. The van der Waals surface area contributed by atoms with Crippen LogP contribution in [-0.4, -0.2) is 17.1 Å². The number of aryl methyl sites for hydroxylation is 1. The first-order valence-corrected chi connectivity index (χ1v) is 6.49. The van der Waals surface area contributed by atoms with Crippen molar-refractivity contribution >= 4 is 11.4 Å². The van der Waals surface area contributed by atoms with Crippen LogP contribution in [-0.2, 0) is 0 Å². The molecule has 94 valence electrons. The highest BCUT2D eigenvalue weighted by atomic mass is 15.5. The minimum absolute atomic E-state index is 0.568. The average Bonchev–Trinajstić information content (AvgIpc) is 2.28. The number of benzene rings is 1. The van der Waals surface area contributed by atoms with Crippen LogP contribution >= 0.6 is 0 Å². The van der Waals surface area contributed by atoms with Gasteiger partial charge in [0.05, 0.1) is 11.4 Å². The molecule has 0 bridgehead atoms. The van der Waals surface area contributed by atoms with Crippen LogP contribution in [0.2, 0.25) is 0 Å². The van der Waals surface area contributed by atoms with E-state index in [0.717, 1.165) is 11.4 Å². The molecule has 2 rings (SSSR count). The van der Waals surface area contributed by atoms with Crippen LogP contribution in [0.3, 0.4) is 0 Å². The van der Waals surface area contributed by atoms with E-state index in [9.17, 15) is 0 Å². The zero-order valence-electron chi connectivity index (χ0n) is 11.0. The van der Waals surface area contributed by atoms with Crippen LogP contribution in [0.15, 0.2) is 18.2 Å². The Labute approximate surface area is 104 Å². The molecule has 2 atom stereocenters. The molecule has 0 aliphatic carbocycles. The van der Waals surface area contributed by atoms with Crippen LogP contribution in [0.5, 0.6) is 0 Å². The molecule has 17 heavy (non-hydrogen) atoms. The van der Waals surface area contributed by atoms with Gasteiger partial charge in [0.1, 0.15) is 0 Å². The third-order valence-electron chi connectivity index (χ3n) is 3.65. The first-order chi connectivity index (χ1) is 8.08. The molecule has 0 saturated carbocycles. The number of hydrogen-bond donors (Lipinski definition) is 2. The van der Waals surface area contributed by atoms with E-state index in [1.165, 1.54) is 24.8 Å². The van der Waals surface area contributed by atoms with Crippen LogP contribution in [0.1, 0.15) is 38.7 Å². The summed E-state index contributed by atoms with van der Waals surface area (Å²) < 4.78 is 0. The molecular formula is C14H23N3. The van der Waals surface area contributed by atoms with E-state index in [2.05, 4.69) is 37.3 Å². The van der Waals surface area contributed by atoms with E-state index < -0.39 is 0 Å². The lowest BCUT2D eigenvalue weighted by atomic mass is 10.00. The summed E-state index contributed by atoms with van der Waals surface area (Å²) in [6, 6.07) is 7.27. The van der Waals surface area contributed by atoms with E-state index in [1.54, 1.807) is 0 Å². The molecule has 0 aromatic heterocycles. The number of hydrogen-bond acceptors (Lipinski definition) is 3. The number of nitrogens with one attached hydrogen (secondary N) is 1. The third kappa shape index (κ3) is 2.72. The van der Waals surface area contributed by atoms with Crippen molar-refractivity contribution in [2.75, 3.05) is 11.2 Å². The second-order valence-corrected chi connectivity index (χ2v) is 5.24. The summed E-state index contributed by atoms with van der Waals surface area (Å²) in [4.78, 5) is 0. The molecule has 2 unspecified atom stereocenters. The fourth-order valence-corrected chi connectivity index (χ4v) is 2.55. The fraction of sp³-hybridized carbons (Fsp3) is 0.571. The number of anilines is 2. The number of nitrogens with zero attached hydrogens (tertiary/aromatic N) is 1. The third-order valence-corrected chi connectivity index (χ3v) is 3.65. The summed E-state index contributed by atoms with van der Waals surface area (Å²) >= 11 is 0. The Kier molecular flexibility index (Phi) is 3.57. The predicted molar refractivity (Wildman–Crippen MR) is 73.8 cm³/mol. The van der Waals surface area contributed by atoms with Gasteiger partial charge in [0.15, 0.2) is 0 Å². The molecule has 0 amide bonds. The Morgan fingerprint density at radius 1 is 1.24 bits per heavy atom. The Morgan fingerprint density at radius 3 is 2.53 bits per heavy atom. The van der Waals surface area contributed by atoms with E-state index in [-0.39, 0.29) is 0 Å². The van der Waals surface area contributed by atoms with Gasteiger partial charge in [-0.05, 0) is 51.3 Å². The van der Waals surface area contributed by atoms with E-state index in [0.29, 0.717) is 12.1 Å². The number of hydrazine groups is 1.